The highest BCUT2D eigenvalue weighted by Crippen LogP contribution is 2.21. The molecule has 1 rings (SSSR count). The van der Waals surface area contributed by atoms with Crippen LogP contribution in [0.25, 0.3) is 0 Å². The van der Waals surface area contributed by atoms with Gasteiger partial charge in [-0.05, 0) is 56.8 Å². The number of hydrogen-bond donors (Lipinski definition) is 0. The third-order valence-electron chi connectivity index (χ3n) is 6.12. The van der Waals surface area contributed by atoms with Gasteiger partial charge in [-0.15, -0.1) is 0 Å². The monoisotopic (exact) mass is 438 g/mol. The minimum atomic E-state index is 0.805. The zero-order valence-electron chi connectivity index (χ0n) is 21.6. The Morgan fingerprint density at radius 1 is 0.531 bits per heavy atom. The Kier molecular flexibility index (Phi) is 17.8. The Morgan fingerprint density at radius 3 is 1.31 bits per heavy atom. The molecule has 180 valence electrons. The van der Waals surface area contributed by atoms with Gasteiger partial charge in [0, 0.05) is 5.56 Å². The molecule has 0 amide bonds. The van der Waals surface area contributed by atoms with Crippen LogP contribution in [0.4, 0.5) is 0 Å². The summed E-state index contributed by atoms with van der Waals surface area (Å²) in [6.45, 7) is 7.85. The molecule has 0 saturated carbocycles. The lowest BCUT2D eigenvalue weighted by Gasteiger charge is -2.27. The molecule has 0 unspecified atom stereocenters. The molecule has 0 spiro atoms. The molecule has 0 bridgehead atoms. The van der Waals surface area contributed by atoms with Gasteiger partial charge >= 0.3 is 0 Å². The molecule has 0 saturated heterocycles. The van der Waals surface area contributed by atoms with E-state index < -0.39 is 0 Å². The summed E-state index contributed by atoms with van der Waals surface area (Å²) >= 11 is 0. The van der Waals surface area contributed by atoms with Crippen molar-refractivity contribution in [2.45, 2.75) is 124 Å². The van der Waals surface area contributed by atoms with E-state index in [9.17, 15) is 0 Å². The SMILES string of the molecule is CCCCCC/C=C\[N+](/C=C/CCCCCC)(/C=C/CCCCCC)Cc1ccccc1. The number of nitrogens with zero attached hydrogens (tertiary/aromatic N) is 1. The van der Waals surface area contributed by atoms with E-state index in [1.165, 1.54) is 102 Å². The van der Waals surface area contributed by atoms with Gasteiger partial charge in [-0.1, -0.05) is 109 Å². The Labute approximate surface area is 200 Å². The average molecular weight is 439 g/mol. The first-order chi connectivity index (χ1) is 15.8. The van der Waals surface area contributed by atoms with Crippen molar-refractivity contribution in [1.82, 2.24) is 0 Å². The van der Waals surface area contributed by atoms with E-state index in [1.54, 1.807) is 0 Å². The van der Waals surface area contributed by atoms with Gasteiger partial charge in [0.15, 0.2) is 0 Å². The van der Waals surface area contributed by atoms with Crippen LogP contribution in [0.3, 0.4) is 0 Å². The van der Waals surface area contributed by atoms with Gasteiger partial charge in [-0.3, -0.25) is 0 Å². The second kappa shape index (κ2) is 20.0. The molecule has 0 aliphatic carbocycles. The van der Waals surface area contributed by atoms with Crippen LogP contribution < -0.4 is 0 Å². The van der Waals surface area contributed by atoms with Crippen molar-refractivity contribution in [2.75, 3.05) is 0 Å². The van der Waals surface area contributed by atoms with Gasteiger partial charge in [0.05, 0.1) is 0 Å². The number of benzene rings is 1. The maximum absolute atomic E-state index is 2.45. The van der Waals surface area contributed by atoms with E-state index in [0.29, 0.717) is 0 Å². The third kappa shape index (κ3) is 14.5. The first-order valence-electron chi connectivity index (χ1n) is 13.7. The van der Waals surface area contributed by atoms with Crippen LogP contribution in [0.15, 0.2) is 67.2 Å². The highest BCUT2D eigenvalue weighted by molar-refractivity contribution is 5.14. The molecule has 0 N–H and O–H groups in total. The van der Waals surface area contributed by atoms with Crippen LogP contribution in [0.1, 0.15) is 123 Å². The summed E-state index contributed by atoms with van der Waals surface area (Å²) in [5.41, 5.74) is 1.40. The van der Waals surface area contributed by atoms with E-state index in [0.717, 1.165) is 11.0 Å². The van der Waals surface area contributed by atoms with E-state index in [4.69, 9.17) is 0 Å². The summed E-state index contributed by atoms with van der Waals surface area (Å²) in [5.74, 6) is 0. The van der Waals surface area contributed by atoms with Crippen molar-refractivity contribution in [3.05, 3.63) is 72.7 Å². The zero-order chi connectivity index (χ0) is 23.2. The summed E-state index contributed by atoms with van der Waals surface area (Å²) in [6, 6.07) is 11.0. The molecule has 0 aromatic heterocycles. The van der Waals surface area contributed by atoms with Crippen molar-refractivity contribution < 1.29 is 4.48 Å². The minimum absolute atomic E-state index is 0.805. The van der Waals surface area contributed by atoms with E-state index in [2.05, 4.69) is 87.9 Å². The minimum Gasteiger partial charge on any atom is -0.242 e. The van der Waals surface area contributed by atoms with Crippen molar-refractivity contribution in [3.63, 3.8) is 0 Å². The van der Waals surface area contributed by atoms with Crippen molar-refractivity contribution in [1.29, 1.82) is 0 Å². The first-order valence-corrected chi connectivity index (χ1v) is 13.7. The smallest absolute Gasteiger partial charge is 0.117 e. The summed E-state index contributed by atoms with van der Waals surface area (Å²) in [7, 11) is 0. The molecule has 32 heavy (non-hydrogen) atoms. The molecule has 0 aliphatic heterocycles. The van der Waals surface area contributed by atoms with E-state index in [1.807, 2.05) is 0 Å². The predicted molar refractivity (Wildman–Crippen MR) is 144 cm³/mol. The van der Waals surface area contributed by atoms with Crippen LogP contribution >= 0.6 is 0 Å². The molecular weight excluding hydrogens is 386 g/mol. The van der Waals surface area contributed by atoms with Gasteiger partial charge in [0.25, 0.3) is 0 Å². The normalized spacial score (nSPS) is 12.6. The maximum Gasteiger partial charge on any atom is 0.117 e. The summed E-state index contributed by atoms with van der Waals surface area (Å²) in [5, 5.41) is 0. The molecule has 1 aromatic rings. The Hall–Kier alpha value is -1.60. The first kappa shape index (κ1) is 28.4. The molecule has 0 aliphatic rings. The van der Waals surface area contributed by atoms with Crippen LogP contribution in [0, 0.1) is 0 Å². The lowest BCUT2D eigenvalue weighted by atomic mass is 10.1. The van der Waals surface area contributed by atoms with Crippen LogP contribution in [-0.4, -0.2) is 4.48 Å². The number of quaternary nitrogens is 1. The Bertz CT molecular complexity index is 556. The average Bonchev–Trinajstić information content (AvgIpc) is 2.81. The molecule has 0 heterocycles. The molecule has 0 fully saturated rings. The fourth-order valence-electron chi connectivity index (χ4n) is 4.09. The van der Waals surface area contributed by atoms with E-state index >= 15 is 0 Å². The Balaban J connectivity index is 2.94. The molecule has 0 radical (unpaired) electrons. The van der Waals surface area contributed by atoms with Gasteiger partial charge in [0.2, 0.25) is 0 Å². The maximum atomic E-state index is 2.45. The predicted octanol–water partition coefficient (Wildman–Crippen LogP) is 10.5. The molecular formula is C31H52N+. The van der Waals surface area contributed by atoms with Crippen LogP contribution in [0.5, 0.6) is 0 Å². The van der Waals surface area contributed by atoms with E-state index in [-0.39, 0.29) is 0 Å². The van der Waals surface area contributed by atoms with Crippen molar-refractivity contribution in [3.8, 4) is 0 Å². The van der Waals surface area contributed by atoms with Gasteiger partial charge in [-0.25, -0.2) is 4.48 Å². The number of allylic oxidation sites excluding steroid dienone is 3. The zero-order valence-corrected chi connectivity index (χ0v) is 21.6. The second-order valence-corrected chi connectivity index (χ2v) is 9.34. The van der Waals surface area contributed by atoms with Crippen molar-refractivity contribution in [2.24, 2.45) is 0 Å². The third-order valence-corrected chi connectivity index (χ3v) is 6.12. The van der Waals surface area contributed by atoms with Crippen LogP contribution in [-0.2, 0) is 6.54 Å². The molecule has 1 aromatic carbocycles. The molecule has 1 heteroatoms. The lowest BCUT2D eigenvalue weighted by Crippen LogP contribution is -2.30. The molecule has 0 atom stereocenters. The lowest BCUT2D eigenvalue weighted by molar-refractivity contribution is -0.788. The van der Waals surface area contributed by atoms with Crippen LogP contribution in [0.2, 0.25) is 0 Å². The number of unbranched alkanes of at least 4 members (excludes halogenated alkanes) is 12. The van der Waals surface area contributed by atoms with Gasteiger partial charge in [0.1, 0.15) is 25.1 Å². The topological polar surface area (TPSA) is 0 Å². The fourth-order valence-corrected chi connectivity index (χ4v) is 4.09. The largest absolute Gasteiger partial charge is 0.242 e. The highest BCUT2D eigenvalue weighted by atomic mass is 15.3. The Morgan fingerprint density at radius 2 is 0.938 bits per heavy atom. The fraction of sp³-hybridized carbons (Fsp3) is 0.613. The molecule has 1 nitrogen and oxygen atoms in total. The van der Waals surface area contributed by atoms with Crippen molar-refractivity contribution >= 4 is 0 Å². The standard InChI is InChI=1S/C31H52N/c1-4-7-10-13-16-22-27-32(28-23-17-14-11-8-5-2,29-24-18-15-12-9-6-3)30-31-25-20-19-21-26-31/h19-29H,4-18,30H2,1-3H3/q+1/b27-22-,28-23+,29-24+. The second-order valence-electron chi connectivity index (χ2n) is 9.34. The number of rotatable bonds is 20. The highest BCUT2D eigenvalue weighted by Gasteiger charge is 2.19. The van der Waals surface area contributed by atoms with Gasteiger partial charge in [-0.2, -0.15) is 0 Å². The van der Waals surface area contributed by atoms with Gasteiger partial charge < -0.3 is 0 Å². The summed E-state index contributed by atoms with van der Waals surface area (Å²) in [6.07, 6.45) is 34.1. The summed E-state index contributed by atoms with van der Waals surface area (Å²) in [4.78, 5) is 0. The number of hydrogen-bond acceptors (Lipinski definition) is 0. The quantitative estimate of drug-likeness (QED) is 0.140. The summed E-state index contributed by atoms with van der Waals surface area (Å²) < 4.78 is 0.805.